The van der Waals surface area contributed by atoms with Gasteiger partial charge in [-0.1, -0.05) is 30.2 Å². The lowest BCUT2D eigenvalue weighted by Gasteiger charge is -2.38. The normalized spacial score (nSPS) is 15.7. The summed E-state index contributed by atoms with van der Waals surface area (Å²) >= 11 is 0. The molecule has 0 amide bonds. The lowest BCUT2D eigenvalue weighted by atomic mass is 9.91. The van der Waals surface area contributed by atoms with Crippen molar-refractivity contribution in [2.24, 2.45) is 13.0 Å². The molecular formula is C33H37F9N8O2. The number of anilines is 1. The largest absolute Gasteiger partial charge is 0.416 e. The topological polar surface area (TPSA) is 98.2 Å². The molecule has 284 valence electrons. The van der Waals surface area contributed by atoms with Crippen LogP contribution in [0.4, 0.5) is 45.5 Å². The van der Waals surface area contributed by atoms with E-state index in [0.29, 0.717) is 61.9 Å². The monoisotopic (exact) mass is 748 g/mol. The van der Waals surface area contributed by atoms with E-state index in [1.807, 2.05) is 13.8 Å². The Morgan fingerprint density at radius 3 is 2.08 bits per heavy atom. The minimum atomic E-state index is -5.10. The number of aryl methyl sites for hydroxylation is 2. The van der Waals surface area contributed by atoms with Crippen molar-refractivity contribution in [2.45, 2.75) is 83.8 Å². The summed E-state index contributed by atoms with van der Waals surface area (Å²) in [4.78, 5) is 8.62. The summed E-state index contributed by atoms with van der Waals surface area (Å²) in [5.74, 6) is 0.986. The van der Waals surface area contributed by atoms with Gasteiger partial charge in [-0.2, -0.15) is 49.3 Å². The Hall–Kier alpha value is -4.26. The Labute approximate surface area is 292 Å². The number of hydrogen-bond acceptors (Lipinski definition) is 9. The molecule has 1 saturated heterocycles. The third-order valence-electron chi connectivity index (χ3n) is 8.87. The zero-order chi connectivity index (χ0) is 37.8. The Morgan fingerprint density at radius 1 is 0.885 bits per heavy atom. The number of benzene rings is 2. The van der Waals surface area contributed by atoms with Crippen molar-refractivity contribution in [3.8, 4) is 0 Å². The summed E-state index contributed by atoms with van der Waals surface area (Å²) in [5, 5.41) is 15.6. The fourth-order valence-electron chi connectivity index (χ4n) is 6.29. The van der Waals surface area contributed by atoms with Crippen LogP contribution in [-0.2, 0) is 56.4 Å². The standard InChI is InChI=1S/C33H37F9N8O2/c1-4-27(49-10-8-20(9-11-49)18-51-19-28-43-29(5-2)52-46-28)26-7-6-23(31(34,35)36)14-22(26)17-50(30-44-47-48(3)45-30)16-21-12-24(32(37,38)39)15-25(13-21)33(40,41)42/h6-7,12-15,20,27H,4-5,8-11,16-19H2,1-3H3. The Kier molecular flexibility index (Phi) is 11.8. The molecular weight excluding hydrogens is 711 g/mol. The van der Waals surface area contributed by atoms with Gasteiger partial charge in [0.05, 0.1) is 30.3 Å². The van der Waals surface area contributed by atoms with Crippen molar-refractivity contribution in [3.63, 3.8) is 0 Å². The molecule has 0 radical (unpaired) electrons. The number of aromatic nitrogens is 6. The van der Waals surface area contributed by atoms with Crippen LogP contribution < -0.4 is 4.90 Å². The molecule has 5 rings (SSSR count). The van der Waals surface area contributed by atoms with Crippen molar-refractivity contribution in [3.05, 3.63) is 81.5 Å². The summed E-state index contributed by atoms with van der Waals surface area (Å²) < 4.78 is 135. The molecule has 19 heteroatoms. The quantitative estimate of drug-likeness (QED) is 0.127. The molecule has 2 aromatic carbocycles. The molecule has 1 aliphatic rings. The minimum Gasteiger partial charge on any atom is -0.373 e. The molecule has 0 spiro atoms. The third-order valence-corrected chi connectivity index (χ3v) is 8.87. The summed E-state index contributed by atoms with van der Waals surface area (Å²) in [6.45, 7) is 4.68. The van der Waals surface area contributed by atoms with Crippen LogP contribution in [-0.4, -0.2) is 54.9 Å². The second kappa shape index (κ2) is 15.8. The highest BCUT2D eigenvalue weighted by Gasteiger charge is 2.38. The smallest absolute Gasteiger partial charge is 0.373 e. The van der Waals surface area contributed by atoms with E-state index in [1.54, 1.807) is 0 Å². The van der Waals surface area contributed by atoms with Gasteiger partial charge in [-0.25, -0.2) is 0 Å². The molecule has 1 atom stereocenters. The zero-order valence-corrected chi connectivity index (χ0v) is 28.5. The first-order valence-electron chi connectivity index (χ1n) is 16.5. The van der Waals surface area contributed by atoms with Gasteiger partial charge in [-0.05, 0) is 90.5 Å². The number of halogens is 9. The number of hydrogen-bond donors (Lipinski definition) is 0. The van der Waals surface area contributed by atoms with E-state index in [0.717, 1.165) is 29.8 Å². The van der Waals surface area contributed by atoms with Crippen molar-refractivity contribution in [2.75, 3.05) is 24.6 Å². The molecule has 10 nitrogen and oxygen atoms in total. The third kappa shape index (κ3) is 9.78. The van der Waals surface area contributed by atoms with E-state index < -0.39 is 47.3 Å². The number of nitrogens with zero attached hydrogens (tertiary/aromatic N) is 8. The number of piperidine rings is 1. The number of alkyl halides is 9. The highest BCUT2D eigenvalue weighted by atomic mass is 19.4. The minimum absolute atomic E-state index is 0.0103. The van der Waals surface area contributed by atoms with Crippen LogP contribution in [0, 0.1) is 5.92 Å². The first kappa shape index (κ1) is 39.0. The molecule has 1 fully saturated rings. The molecule has 0 saturated carbocycles. The van der Waals surface area contributed by atoms with E-state index in [-0.39, 0.29) is 42.7 Å². The van der Waals surface area contributed by atoms with Crippen LogP contribution in [0.25, 0.3) is 0 Å². The fourth-order valence-corrected chi connectivity index (χ4v) is 6.29. The predicted molar refractivity (Wildman–Crippen MR) is 167 cm³/mol. The molecule has 0 aliphatic carbocycles. The van der Waals surface area contributed by atoms with Gasteiger partial charge in [0.2, 0.25) is 5.89 Å². The van der Waals surface area contributed by atoms with E-state index in [1.165, 1.54) is 18.0 Å². The van der Waals surface area contributed by atoms with Gasteiger partial charge in [-0.15, -0.1) is 5.10 Å². The highest BCUT2D eigenvalue weighted by molar-refractivity contribution is 5.42. The SMILES string of the molecule is CCc1nc(COCC2CCN(C(CC)c3ccc(C(F)(F)F)cc3CN(Cc3cc(C(F)(F)F)cc(C(F)(F)F)c3)c3nnn(C)n3)CC2)no1. The fraction of sp³-hybridized carbons (Fsp3) is 0.545. The van der Waals surface area contributed by atoms with E-state index >= 15 is 0 Å². The van der Waals surface area contributed by atoms with Crippen LogP contribution in [0.15, 0.2) is 40.9 Å². The maximum absolute atomic E-state index is 14.0. The molecule has 2 aromatic heterocycles. The van der Waals surface area contributed by atoms with Gasteiger partial charge in [-0.3, -0.25) is 4.90 Å². The first-order chi connectivity index (χ1) is 24.4. The summed E-state index contributed by atoms with van der Waals surface area (Å²) in [6.07, 6.45) is -12.3. The van der Waals surface area contributed by atoms with Crippen LogP contribution >= 0.6 is 0 Å². The maximum atomic E-state index is 14.0. The van der Waals surface area contributed by atoms with Gasteiger partial charge in [0.25, 0.3) is 5.95 Å². The summed E-state index contributed by atoms with van der Waals surface area (Å²) in [6, 6.07) is 4.10. The number of rotatable bonds is 13. The van der Waals surface area contributed by atoms with Crippen LogP contribution in [0.1, 0.15) is 84.2 Å². The van der Waals surface area contributed by atoms with Crippen molar-refractivity contribution >= 4 is 5.95 Å². The van der Waals surface area contributed by atoms with Crippen molar-refractivity contribution < 1.29 is 48.8 Å². The molecule has 3 heterocycles. The molecule has 0 N–H and O–H groups in total. The molecule has 0 bridgehead atoms. The number of likely N-dealkylation sites (tertiary alicyclic amines) is 1. The predicted octanol–water partition coefficient (Wildman–Crippen LogP) is 7.80. The van der Waals surface area contributed by atoms with Crippen molar-refractivity contribution in [1.82, 2.24) is 35.2 Å². The highest BCUT2D eigenvalue weighted by Crippen LogP contribution is 2.39. The van der Waals surface area contributed by atoms with E-state index in [9.17, 15) is 39.5 Å². The summed E-state index contributed by atoms with van der Waals surface area (Å²) in [7, 11) is 1.39. The number of ether oxygens (including phenoxy) is 1. The van der Waals surface area contributed by atoms with Gasteiger partial charge in [0.15, 0.2) is 5.82 Å². The first-order valence-corrected chi connectivity index (χ1v) is 16.5. The second-order valence-corrected chi connectivity index (χ2v) is 12.6. The van der Waals surface area contributed by atoms with Gasteiger partial charge in [0.1, 0.15) is 6.61 Å². The van der Waals surface area contributed by atoms with E-state index in [2.05, 4.69) is 30.5 Å². The van der Waals surface area contributed by atoms with Crippen LogP contribution in [0.2, 0.25) is 0 Å². The average Bonchev–Trinajstić information content (AvgIpc) is 3.73. The van der Waals surface area contributed by atoms with Crippen molar-refractivity contribution in [1.29, 1.82) is 0 Å². The lowest BCUT2D eigenvalue weighted by molar-refractivity contribution is -0.143. The lowest BCUT2D eigenvalue weighted by Crippen LogP contribution is -2.38. The molecule has 4 aromatic rings. The average molecular weight is 749 g/mol. The summed E-state index contributed by atoms with van der Waals surface area (Å²) in [5.41, 5.74) is -3.72. The van der Waals surface area contributed by atoms with Gasteiger partial charge in [0, 0.05) is 25.6 Å². The van der Waals surface area contributed by atoms with Crippen LogP contribution in [0.3, 0.4) is 0 Å². The van der Waals surface area contributed by atoms with Crippen LogP contribution in [0.5, 0.6) is 0 Å². The molecule has 52 heavy (non-hydrogen) atoms. The maximum Gasteiger partial charge on any atom is 0.416 e. The molecule has 1 unspecified atom stereocenters. The van der Waals surface area contributed by atoms with Gasteiger partial charge < -0.3 is 14.2 Å². The second-order valence-electron chi connectivity index (χ2n) is 12.6. The zero-order valence-electron chi connectivity index (χ0n) is 28.5. The Bertz CT molecular complexity index is 1750. The molecule has 1 aliphatic heterocycles. The Balaban J connectivity index is 1.41. The van der Waals surface area contributed by atoms with E-state index in [4.69, 9.17) is 9.26 Å². The van der Waals surface area contributed by atoms with Gasteiger partial charge >= 0.3 is 18.5 Å². The number of tetrazole rings is 1. The Morgan fingerprint density at radius 2 is 1.54 bits per heavy atom.